The van der Waals surface area contributed by atoms with Crippen LogP contribution in [0.2, 0.25) is 10.0 Å². The summed E-state index contributed by atoms with van der Waals surface area (Å²) in [6.07, 6.45) is 1.54. The van der Waals surface area contributed by atoms with E-state index in [1.165, 1.54) is 13.3 Å². The molecule has 0 aliphatic rings. The Morgan fingerprint density at radius 1 is 0.968 bits per heavy atom. The molecule has 6 nitrogen and oxygen atoms in total. The minimum atomic E-state index is -0.393. The minimum absolute atomic E-state index is 0.323. The van der Waals surface area contributed by atoms with Crippen molar-refractivity contribution in [3.63, 3.8) is 0 Å². The van der Waals surface area contributed by atoms with E-state index in [0.29, 0.717) is 39.5 Å². The number of amides is 1. The van der Waals surface area contributed by atoms with Gasteiger partial charge in [0.1, 0.15) is 23.9 Å². The van der Waals surface area contributed by atoms with Crippen LogP contribution in [0.3, 0.4) is 0 Å². The molecule has 160 valence electrons. The lowest BCUT2D eigenvalue weighted by atomic mass is 10.2. The van der Waals surface area contributed by atoms with Crippen molar-refractivity contribution in [1.29, 1.82) is 0 Å². The average molecular weight is 459 g/mol. The zero-order chi connectivity index (χ0) is 22.2. The van der Waals surface area contributed by atoms with Crippen molar-refractivity contribution in [3.8, 4) is 17.2 Å². The zero-order valence-electron chi connectivity index (χ0n) is 16.9. The summed E-state index contributed by atoms with van der Waals surface area (Å²) < 4.78 is 16.1. The highest BCUT2D eigenvalue weighted by molar-refractivity contribution is 6.35. The Kier molecular flexibility index (Phi) is 7.76. The number of carbonyl (C=O) groups is 1. The van der Waals surface area contributed by atoms with Crippen LogP contribution in [0.25, 0.3) is 0 Å². The second-order valence-corrected chi connectivity index (χ2v) is 7.20. The van der Waals surface area contributed by atoms with E-state index in [0.717, 1.165) is 11.1 Å². The molecule has 1 amide bonds. The van der Waals surface area contributed by atoms with Crippen molar-refractivity contribution in [3.05, 3.63) is 87.4 Å². The number of hydrogen-bond donors (Lipinski definition) is 1. The largest absolute Gasteiger partial charge is 0.497 e. The van der Waals surface area contributed by atoms with Gasteiger partial charge in [0, 0.05) is 21.7 Å². The molecule has 0 fully saturated rings. The first kappa shape index (κ1) is 22.5. The third-order valence-corrected chi connectivity index (χ3v) is 4.91. The molecule has 0 aliphatic heterocycles. The van der Waals surface area contributed by atoms with Gasteiger partial charge in [0.05, 0.1) is 26.0 Å². The van der Waals surface area contributed by atoms with Gasteiger partial charge in [0.15, 0.2) is 0 Å². The van der Waals surface area contributed by atoms with Gasteiger partial charge in [0.25, 0.3) is 5.91 Å². The fourth-order valence-corrected chi connectivity index (χ4v) is 3.12. The number of benzene rings is 3. The topological polar surface area (TPSA) is 69.2 Å². The Labute approximate surface area is 190 Å². The Bertz CT molecular complexity index is 1090. The normalized spacial score (nSPS) is 10.7. The molecule has 3 aromatic carbocycles. The second kappa shape index (κ2) is 10.7. The van der Waals surface area contributed by atoms with Crippen LogP contribution in [0.5, 0.6) is 17.2 Å². The third kappa shape index (κ3) is 6.13. The molecule has 0 radical (unpaired) electrons. The molecule has 0 heterocycles. The van der Waals surface area contributed by atoms with Crippen LogP contribution in [-0.4, -0.2) is 26.3 Å². The van der Waals surface area contributed by atoms with Crippen LogP contribution in [0.15, 0.2) is 65.8 Å². The van der Waals surface area contributed by atoms with E-state index in [1.807, 2.05) is 18.2 Å². The summed E-state index contributed by atoms with van der Waals surface area (Å²) >= 11 is 12.1. The van der Waals surface area contributed by atoms with Gasteiger partial charge in [-0.15, -0.1) is 0 Å². The summed E-state index contributed by atoms with van der Waals surface area (Å²) in [7, 11) is 3.03. The molecular weight excluding hydrogens is 439 g/mol. The first-order valence-corrected chi connectivity index (χ1v) is 9.98. The van der Waals surface area contributed by atoms with Crippen LogP contribution in [0.1, 0.15) is 21.5 Å². The first-order valence-electron chi connectivity index (χ1n) is 9.22. The quantitative estimate of drug-likeness (QED) is 0.364. The van der Waals surface area contributed by atoms with Crippen LogP contribution in [0, 0.1) is 0 Å². The van der Waals surface area contributed by atoms with E-state index < -0.39 is 5.91 Å². The first-order chi connectivity index (χ1) is 15.0. The molecule has 31 heavy (non-hydrogen) atoms. The maximum absolute atomic E-state index is 12.4. The summed E-state index contributed by atoms with van der Waals surface area (Å²) in [6.45, 7) is 0.323. The zero-order valence-corrected chi connectivity index (χ0v) is 18.4. The van der Waals surface area contributed by atoms with E-state index in [9.17, 15) is 4.79 Å². The van der Waals surface area contributed by atoms with E-state index in [4.69, 9.17) is 37.4 Å². The van der Waals surface area contributed by atoms with Gasteiger partial charge in [-0.3, -0.25) is 4.79 Å². The molecular formula is C23H20Cl2N2O4. The molecule has 1 N–H and O–H groups in total. The van der Waals surface area contributed by atoms with Crippen molar-refractivity contribution in [2.75, 3.05) is 14.2 Å². The summed E-state index contributed by atoms with van der Waals surface area (Å²) in [4.78, 5) is 12.4. The summed E-state index contributed by atoms with van der Waals surface area (Å²) in [6, 6.07) is 17.4. The van der Waals surface area contributed by atoms with E-state index in [1.54, 1.807) is 49.6 Å². The highest BCUT2D eigenvalue weighted by Gasteiger charge is 2.12. The standard InChI is InChI=1S/C23H20Cl2N2O4/c1-29-19-9-10-20(22(12-19)30-2)23(28)27-26-13-15-3-7-18(8-4-15)31-14-16-5-6-17(24)11-21(16)25/h3-13H,14H2,1-2H3,(H,27,28)/b26-13-. The van der Waals surface area contributed by atoms with Crippen molar-refractivity contribution < 1.29 is 19.0 Å². The second-order valence-electron chi connectivity index (χ2n) is 6.36. The number of carbonyl (C=O) groups excluding carboxylic acids is 1. The predicted octanol–water partition coefficient (Wildman–Crippen LogP) is 5.35. The molecule has 3 rings (SSSR count). The predicted molar refractivity (Wildman–Crippen MR) is 122 cm³/mol. The molecule has 0 saturated heterocycles. The lowest BCUT2D eigenvalue weighted by molar-refractivity contribution is 0.0952. The molecule has 0 aliphatic carbocycles. The Balaban J connectivity index is 1.56. The number of halogens is 2. The van der Waals surface area contributed by atoms with Gasteiger partial charge in [-0.05, 0) is 54.1 Å². The number of rotatable bonds is 8. The Morgan fingerprint density at radius 3 is 2.39 bits per heavy atom. The van der Waals surface area contributed by atoms with Crippen molar-refractivity contribution in [2.45, 2.75) is 6.61 Å². The highest BCUT2D eigenvalue weighted by atomic mass is 35.5. The smallest absolute Gasteiger partial charge is 0.275 e. The molecule has 0 bridgehead atoms. The molecule has 0 aromatic heterocycles. The Hall–Kier alpha value is -3.22. The maximum Gasteiger partial charge on any atom is 0.275 e. The van der Waals surface area contributed by atoms with Gasteiger partial charge in [-0.25, -0.2) is 5.43 Å². The van der Waals surface area contributed by atoms with Gasteiger partial charge >= 0.3 is 0 Å². The van der Waals surface area contributed by atoms with E-state index in [2.05, 4.69) is 10.5 Å². The number of hydrogen-bond acceptors (Lipinski definition) is 5. The molecule has 8 heteroatoms. The number of ether oxygens (including phenoxy) is 3. The molecule has 0 saturated carbocycles. The SMILES string of the molecule is COc1ccc(C(=O)N/N=C\c2ccc(OCc3ccc(Cl)cc3Cl)cc2)c(OC)c1. The van der Waals surface area contributed by atoms with Crippen LogP contribution in [-0.2, 0) is 6.61 Å². The monoisotopic (exact) mass is 458 g/mol. The molecule has 0 atom stereocenters. The van der Waals surface area contributed by atoms with Crippen molar-refractivity contribution in [1.82, 2.24) is 5.43 Å². The Morgan fingerprint density at radius 2 is 1.71 bits per heavy atom. The van der Waals surface area contributed by atoms with E-state index >= 15 is 0 Å². The lowest BCUT2D eigenvalue weighted by Crippen LogP contribution is -2.18. The molecule has 0 unspecified atom stereocenters. The molecule has 3 aromatic rings. The number of nitrogens with zero attached hydrogens (tertiary/aromatic N) is 1. The summed E-state index contributed by atoms with van der Waals surface area (Å²) in [5.74, 6) is 1.28. The van der Waals surface area contributed by atoms with Crippen molar-refractivity contribution >= 4 is 35.3 Å². The van der Waals surface area contributed by atoms with Gasteiger partial charge < -0.3 is 14.2 Å². The minimum Gasteiger partial charge on any atom is -0.497 e. The van der Waals surface area contributed by atoms with E-state index in [-0.39, 0.29) is 0 Å². The number of methoxy groups -OCH3 is 2. The average Bonchev–Trinajstić information content (AvgIpc) is 2.78. The van der Waals surface area contributed by atoms with Crippen LogP contribution < -0.4 is 19.6 Å². The van der Waals surface area contributed by atoms with Gasteiger partial charge in [0.2, 0.25) is 0 Å². The summed E-state index contributed by atoms with van der Waals surface area (Å²) in [5.41, 5.74) is 4.47. The summed E-state index contributed by atoms with van der Waals surface area (Å²) in [5, 5.41) is 5.13. The lowest BCUT2D eigenvalue weighted by Gasteiger charge is -2.09. The highest BCUT2D eigenvalue weighted by Crippen LogP contribution is 2.25. The third-order valence-electron chi connectivity index (χ3n) is 4.32. The van der Waals surface area contributed by atoms with Crippen LogP contribution in [0.4, 0.5) is 0 Å². The van der Waals surface area contributed by atoms with Crippen LogP contribution >= 0.6 is 23.2 Å². The van der Waals surface area contributed by atoms with Crippen molar-refractivity contribution in [2.24, 2.45) is 5.10 Å². The molecule has 0 spiro atoms. The number of hydrazone groups is 1. The fourth-order valence-electron chi connectivity index (χ4n) is 2.66. The maximum atomic E-state index is 12.4. The van der Waals surface area contributed by atoms with Gasteiger partial charge in [-0.2, -0.15) is 5.10 Å². The van der Waals surface area contributed by atoms with Gasteiger partial charge in [-0.1, -0.05) is 29.3 Å². The fraction of sp³-hybridized carbons (Fsp3) is 0.130. The number of nitrogens with one attached hydrogen (secondary N) is 1.